The van der Waals surface area contributed by atoms with Gasteiger partial charge >= 0.3 is 0 Å². The Morgan fingerprint density at radius 1 is 1.22 bits per heavy atom. The summed E-state index contributed by atoms with van der Waals surface area (Å²) in [5.41, 5.74) is 6.86. The number of hydrogen-bond donors (Lipinski definition) is 2. The Morgan fingerprint density at radius 3 is 2.72 bits per heavy atom. The fourth-order valence-electron chi connectivity index (χ4n) is 1.48. The Bertz CT molecular complexity index is 627. The number of pyridine rings is 1. The number of nitrogens with one attached hydrogen (secondary N) is 1. The fourth-order valence-corrected chi connectivity index (χ4v) is 2.49. The summed E-state index contributed by atoms with van der Waals surface area (Å²) in [6.07, 6.45) is 2.82. The molecule has 1 aromatic heterocycles. The van der Waals surface area contributed by atoms with Crippen molar-refractivity contribution in [1.82, 2.24) is 4.98 Å². The van der Waals surface area contributed by atoms with Crippen LogP contribution in [0.1, 0.15) is 5.56 Å². The Hall–Kier alpha value is -1.92. The number of hydrogen-bond acceptors (Lipinski definition) is 4. The average molecular weight is 263 g/mol. The van der Waals surface area contributed by atoms with Crippen LogP contribution in [-0.4, -0.2) is 13.4 Å². The number of sulfonamides is 1. The highest BCUT2D eigenvalue weighted by molar-refractivity contribution is 7.92. The molecule has 2 rings (SSSR count). The molecule has 6 heteroatoms. The lowest BCUT2D eigenvalue weighted by molar-refractivity contribution is 0.601. The molecular formula is C12H13N3O2S. The van der Waals surface area contributed by atoms with Crippen molar-refractivity contribution in [2.75, 3.05) is 4.72 Å². The summed E-state index contributed by atoms with van der Waals surface area (Å²) in [5, 5.41) is 0. The number of rotatable bonds is 4. The van der Waals surface area contributed by atoms with Crippen molar-refractivity contribution in [3.05, 3.63) is 54.4 Å². The van der Waals surface area contributed by atoms with Gasteiger partial charge in [-0.15, -0.1) is 0 Å². The smallest absolute Gasteiger partial charge is 0.263 e. The van der Waals surface area contributed by atoms with Crippen LogP contribution in [0.3, 0.4) is 0 Å². The molecule has 94 valence electrons. The van der Waals surface area contributed by atoms with E-state index >= 15 is 0 Å². The number of aromatic nitrogens is 1. The van der Waals surface area contributed by atoms with Crippen LogP contribution in [0, 0.1) is 0 Å². The maximum atomic E-state index is 12.0. The maximum Gasteiger partial charge on any atom is 0.263 e. The van der Waals surface area contributed by atoms with Crippen molar-refractivity contribution in [3.8, 4) is 0 Å². The molecule has 0 saturated carbocycles. The second kappa shape index (κ2) is 5.16. The summed E-state index contributed by atoms with van der Waals surface area (Å²) in [6, 6.07) is 10.0. The Balaban J connectivity index is 2.28. The minimum atomic E-state index is -3.59. The summed E-state index contributed by atoms with van der Waals surface area (Å²) in [4.78, 5) is 3.92. The third-order valence-corrected chi connectivity index (χ3v) is 3.73. The third-order valence-electron chi connectivity index (χ3n) is 2.36. The van der Waals surface area contributed by atoms with Gasteiger partial charge < -0.3 is 5.73 Å². The van der Waals surface area contributed by atoms with Gasteiger partial charge in [-0.05, 0) is 29.8 Å². The average Bonchev–Trinajstić information content (AvgIpc) is 2.39. The van der Waals surface area contributed by atoms with Crippen LogP contribution < -0.4 is 10.5 Å². The molecule has 0 radical (unpaired) electrons. The Morgan fingerprint density at radius 2 is 2.06 bits per heavy atom. The molecule has 0 amide bonds. The SMILES string of the molecule is NCc1cccc(NS(=O)(=O)c2cccnc2)c1. The zero-order valence-corrected chi connectivity index (χ0v) is 10.4. The third kappa shape index (κ3) is 2.85. The molecule has 0 aliphatic carbocycles. The summed E-state index contributed by atoms with van der Waals surface area (Å²) >= 11 is 0. The van der Waals surface area contributed by atoms with E-state index in [1.54, 1.807) is 24.3 Å². The van der Waals surface area contributed by atoms with Crippen molar-refractivity contribution < 1.29 is 8.42 Å². The predicted molar refractivity (Wildman–Crippen MR) is 69.4 cm³/mol. The monoisotopic (exact) mass is 263 g/mol. The largest absolute Gasteiger partial charge is 0.326 e. The lowest BCUT2D eigenvalue weighted by Gasteiger charge is -2.08. The number of benzene rings is 1. The van der Waals surface area contributed by atoms with Crippen molar-refractivity contribution in [1.29, 1.82) is 0 Å². The summed E-state index contributed by atoms with van der Waals surface area (Å²) < 4.78 is 26.5. The molecule has 0 spiro atoms. The molecule has 0 atom stereocenters. The minimum Gasteiger partial charge on any atom is -0.326 e. The molecule has 5 nitrogen and oxygen atoms in total. The number of nitrogens with zero attached hydrogens (tertiary/aromatic N) is 1. The van der Waals surface area contributed by atoms with Gasteiger partial charge in [0.25, 0.3) is 10.0 Å². The molecule has 0 aliphatic heterocycles. The van der Waals surface area contributed by atoms with E-state index in [0.29, 0.717) is 12.2 Å². The highest BCUT2D eigenvalue weighted by Gasteiger charge is 2.13. The Kier molecular flexibility index (Phi) is 3.59. The zero-order chi connectivity index (χ0) is 13.0. The van der Waals surface area contributed by atoms with E-state index in [1.807, 2.05) is 6.07 Å². The summed E-state index contributed by atoms with van der Waals surface area (Å²) in [6.45, 7) is 0.364. The minimum absolute atomic E-state index is 0.128. The molecule has 0 bridgehead atoms. The van der Waals surface area contributed by atoms with Gasteiger partial charge in [0.1, 0.15) is 4.90 Å². The van der Waals surface area contributed by atoms with Crippen molar-refractivity contribution in [2.45, 2.75) is 11.4 Å². The van der Waals surface area contributed by atoms with Crippen LogP contribution in [-0.2, 0) is 16.6 Å². The first-order valence-electron chi connectivity index (χ1n) is 5.34. The molecule has 0 aliphatic rings. The summed E-state index contributed by atoms with van der Waals surface area (Å²) in [7, 11) is -3.59. The van der Waals surface area contributed by atoms with Crippen LogP contribution in [0.2, 0.25) is 0 Å². The van der Waals surface area contributed by atoms with Gasteiger partial charge in [-0.25, -0.2) is 8.42 Å². The van der Waals surface area contributed by atoms with Gasteiger partial charge in [0.05, 0.1) is 0 Å². The standard InChI is InChI=1S/C12H13N3O2S/c13-8-10-3-1-4-11(7-10)15-18(16,17)12-5-2-6-14-9-12/h1-7,9,15H,8,13H2. The van der Waals surface area contributed by atoms with Gasteiger partial charge in [-0.2, -0.15) is 0 Å². The maximum absolute atomic E-state index is 12.0. The predicted octanol–water partition coefficient (Wildman–Crippen LogP) is 1.34. The van der Waals surface area contributed by atoms with Crippen LogP contribution in [0.15, 0.2) is 53.7 Å². The molecule has 18 heavy (non-hydrogen) atoms. The van der Waals surface area contributed by atoms with Crippen LogP contribution in [0.25, 0.3) is 0 Å². The fraction of sp³-hybridized carbons (Fsp3) is 0.0833. The summed E-state index contributed by atoms with van der Waals surface area (Å²) in [5.74, 6) is 0. The molecule has 0 unspecified atom stereocenters. The molecular weight excluding hydrogens is 250 g/mol. The van der Waals surface area contributed by atoms with Gasteiger partial charge in [0.2, 0.25) is 0 Å². The topological polar surface area (TPSA) is 85.1 Å². The molecule has 0 fully saturated rings. The second-order valence-electron chi connectivity index (χ2n) is 3.70. The molecule has 2 aromatic rings. The molecule has 1 heterocycles. The van der Waals surface area contributed by atoms with E-state index in [2.05, 4.69) is 9.71 Å². The van der Waals surface area contributed by atoms with Gasteiger partial charge in [0.15, 0.2) is 0 Å². The van der Waals surface area contributed by atoms with Gasteiger partial charge in [-0.3, -0.25) is 9.71 Å². The highest BCUT2D eigenvalue weighted by atomic mass is 32.2. The second-order valence-corrected chi connectivity index (χ2v) is 5.38. The van der Waals surface area contributed by atoms with E-state index < -0.39 is 10.0 Å². The lowest BCUT2D eigenvalue weighted by atomic mass is 10.2. The van der Waals surface area contributed by atoms with Crippen molar-refractivity contribution >= 4 is 15.7 Å². The first-order chi connectivity index (χ1) is 8.62. The van der Waals surface area contributed by atoms with Gasteiger partial charge in [-0.1, -0.05) is 12.1 Å². The first-order valence-corrected chi connectivity index (χ1v) is 6.82. The molecule has 3 N–H and O–H groups in total. The Labute approximate surface area is 106 Å². The highest BCUT2D eigenvalue weighted by Crippen LogP contribution is 2.16. The molecule has 1 aromatic carbocycles. The number of anilines is 1. The van der Waals surface area contributed by atoms with Crippen LogP contribution in [0.4, 0.5) is 5.69 Å². The first kappa shape index (κ1) is 12.5. The van der Waals surface area contributed by atoms with E-state index in [0.717, 1.165) is 5.56 Å². The quantitative estimate of drug-likeness (QED) is 0.871. The zero-order valence-electron chi connectivity index (χ0n) is 9.58. The lowest BCUT2D eigenvalue weighted by Crippen LogP contribution is -2.13. The van der Waals surface area contributed by atoms with Crippen molar-refractivity contribution in [3.63, 3.8) is 0 Å². The van der Waals surface area contributed by atoms with Crippen LogP contribution in [0.5, 0.6) is 0 Å². The molecule has 0 saturated heterocycles. The van der Waals surface area contributed by atoms with Crippen molar-refractivity contribution in [2.24, 2.45) is 5.73 Å². The van der Waals surface area contributed by atoms with E-state index in [-0.39, 0.29) is 4.90 Å². The van der Waals surface area contributed by atoms with E-state index in [9.17, 15) is 8.42 Å². The van der Waals surface area contributed by atoms with Crippen LogP contribution >= 0.6 is 0 Å². The van der Waals surface area contributed by atoms with E-state index in [1.165, 1.54) is 18.5 Å². The van der Waals surface area contributed by atoms with E-state index in [4.69, 9.17) is 5.73 Å². The van der Waals surface area contributed by atoms with Gasteiger partial charge in [0, 0.05) is 24.6 Å². The normalized spacial score (nSPS) is 11.2. The number of nitrogens with two attached hydrogens (primary N) is 1.